The zero-order valence-corrected chi connectivity index (χ0v) is 15.3. The van der Waals surface area contributed by atoms with Gasteiger partial charge in [-0.05, 0) is 36.8 Å². The largest absolute Gasteiger partial charge is 0.360 e. The lowest BCUT2D eigenvalue weighted by Crippen LogP contribution is -2.42. The van der Waals surface area contributed by atoms with Gasteiger partial charge < -0.3 is 4.52 Å². The van der Waals surface area contributed by atoms with E-state index >= 15 is 0 Å². The van der Waals surface area contributed by atoms with E-state index in [0.717, 1.165) is 0 Å². The first-order valence-corrected chi connectivity index (χ1v) is 8.49. The van der Waals surface area contributed by atoms with E-state index < -0.39 is 23.4 Å². The van der Waals surface area contributed by atoms with Crippen molar-refractivity contribution in [3.05, 3.63) is 76.0 Å². The number of carbonyl (C=O) groups is 2. The lowest BCUT2D eigenvalue weighted by atomic mass is 10.1. The van der Waals surface area contributed by atoms with Crippen LogP contribution in [-0.4, -0.2) is 17.0 Å². The minimum Gasteiger partial charge on any atom is -0.360 e. The summed E-state index contributed by atoms with van der Waals surface area (Å²) in [6.07, 6.45) is -0.0742. The van der Waals surface area contributed by atoms with Gasteiger partial charge in [0.25, 0.3) is 5.91 Å². The predicted molar refractivity (Wildman–Crippen MR) is 97.4 cm³/mol. The maximum atomic E-state index is 14.2. The van der Waals surface area contributed by atoms with Gasteiger partial charge in [-0.15, -0.1) is 0 Å². The summed E-state index contributed by atoms with van der Waals surface area (Å²) in [5.74, 6) is -2.24. The summed E-state index contributed by atoms with van der Waals surface area (Å²) in [6, 6.07) is 9.42. The molecule has 1 aromatic heterocycles. The van der Waals surface area contributed by atoms with Crippen LogP contribution >= 0.6 is 11.6 Å². The highest BCUT2D eigenvalue weighted by Crippen LogP contribution is 2.33. The van der Waals surface area contributed by atoms with Gasteiger partial charge in [-0.1, -0.05) is 35.0 Å². The van der Waals surface area contributed by atoms with E-state index in [1.807, 2.05) is 0 Å². The highest BCUT2D eigenvalue weighted by molar-refractivity contribution is 6.33. The van der Waals surface area contributed by atoms with Crippen LogP contribution in [0.4, 0.5) is 8.78 Å². The number of amides is 2. The topological polar surface area (TPSA) is 84.2 Å². The van der Waals surface area contributed by atoms with Crippen LogP contribution in [0.15, 0.2) is 47.0 Å². The van der Waals surface area contributed by atoms with E-state index in [1.165, 1.54) is 49.4 Å². The number of aromatic nitrogens is 1. The van der Waals surface area contributed by atoms with Crippen molar-refractivity contribution in [3.63, 3.8) is 0 Å². The van der Waals surface area contributed by atoms with E-state index in [4.69, 9.17) is 16.1 Å². The zero-order valence-electron chi connectivity index (χ0n) is 14.6. The standard InChI is InChI=1S/C19H14ClF2N3O3/c1-10-16(18(25-28-10)17-13(20)3-2-4-14(17)22)19(27)24-23-15(26)9-11-5-7-12(21)8-6-11/h2-8H,9H2,1H3,(H,23,26)(H,24,27). The van der Waals surface area contributed by atoms with Crippen molar-refractivity contribution in [2.24, 2.45) is 0 Å². The number of hydrogen-bond donors (Lipinski definition) is 2. The molecule has 0 bridgehead atoms. The van der Waals surface area contributed by atoms with Crippen LogP contribution in [0.3, 0.4) is 0 Å². The first-order valence-electron chi connectivity index (χ1n) is 8.11. The molecule has 28 heavy (non-hydrogen) atoms. The van der Waals surface area contributed by atoms with Gasteiger partial charge in [-0.2, -0.15) is 0 Å². The highest BCUT2D eigenvalue weighted by Gasteiger charge is 2.25. The van der Waals surface area contributed by atoms with Gasteiger partial charge >= 0.3 is 0 Å². The molecule has 0 fully saturated rings. The number of rotatable bonds is 4. The molecule has 1 heterocycles. The third-order valence-electron chi connectivity index (χ3n) is 3.88. The summed E-state index contributed by atoms with van der Waals surface area (Å²) < 4.78 is 32.1. The molecular formula is C19H14ClF2N3O3. The summed E-state index contributed by atoms with van der Waals surface area (Å²) in [7, 11) is 0. The van der Waals surface area contributed by atoms with Crippen LogP contribution in [0.5, 0.6) is 0 Å². The summed E-state index contributed by atoms with van der Waals surface area (Å²) in [4.78, 5) is 24.5. The molecule has 0 radical (unpaired) electrons. The fourth-order valence-corrected chi connectivity index (χ4v) is 2.81. The fourth-order valence-electron chi connectivity index (χ4n) is 2.56. The zero-order chi connectivity index (χ0) is 20.3. The number of aryl methyl sites for hydroxylation is 1. The van der Waals surface area contributed by atoms with Crippen LogP contribution in [-0.2, 0) is 11.2 Å². The van der Waals surface area contributed by atoms with E-state index in [2.05, 4.69) is 16.0 Å². The van der Waals surface area contributed by atoms with E-state index in [9.17, 15) is 18.4 Å². The van der Waals surface area contributed by atoms with E-state index in [1.54, 1.807) is 0 Å². The third-order valence-corrected chi connectivity index (χ3v) is 4.20. The van der Waals surface area contributed by atoms with Crippen molar-refractivity contribution in [3.8, 4) is 11.3 Å². The summed E-state index contributed by atoms with van der Waals surface area (Å²) in [5, 5.41) is 3.78. The first-order chi connectivity index (χ1) is 13.4. The Balaban J connectivity index is 1.74. The van der Waals surface area contributed by atoms with Crippen LogP contribution in [0.1, 0.15) is 21.7 Å². The molecule has 0 aliphatic rings. The lowest BCUT2D eigenvalue weighted by molar-refractivity contribution is -0.121. The van der Waals surface area contributed by atoms with Gasteiger partial charge in [-0.25, -0.2) is 8.78 Å². The SMILES string of the molecule is Cc1onc(-c2c(F)cccc2Cl)c1C(=O)NNC(=O)Cc1ccc(F)cc1. The van der Waals surface area contributed by atoms with Crippen molar-refractivity contribution in [1.29, 1.82) is 0 Å². The van der Waals surface area contributed by atoms with Crippen LogP contribution in [0.25, 0.3) is 11.3 Å². The highest BCUT2D eigenvalue weighted by atomic mass is 35.5. The second kappa shape index (κ2) is 8.18. The summed E-state index contributed by atoms with van der Waals surface area (Å²) in [5.41, 5.74) is 4.81. The Labute approximate surface area is 163 Å². The molecule has 0 saturated heterocycles. The molecule has 0 spiro atoms. The number of nitrogens with zero attached hydrogens (tertiary/aromatic N) is 1. The number of hydrazine groups is 1. The fraction of sp³-hybridized carbons (Fsp3) is 0.105. The predicted octanol–water partition coefficient (Wildman–Crippen LogP) is 3.59. The van der Waals surface area contributed by atoms with Crippen molar-refractivity contribution in [2.75, 3.05) is 0 Å². The van der Waals surface area contributed by atoms with Crippen LogP contribution in [0, 0.1) is 18.6 Å². The average Bonchev–Trinajstić information content (AvgIpc) is 3.03. The Bertz CT molecular complexity index is 1020. The molecule has 3 rings (SSSR count). The molecule has 144 valence electrons. The number of benzene rings is 2. The van der Waals surface area contributed by atoms with Gasteiger partial charge in [0.2, 0.25) is 5.91 Å². The minimum atomic E-state index is -0.750. The maximum absolute atomic E-state index is 14.2. The van der Waals surface area contributed by atoms with Gasteiger partial charge in [0.05, 0.1) is 17.0 Å². The van der Waals surface area contributed by atoms with Crippen molar-refractivity contribution >= 4 is 23.4 Å². The summed E-state index contributed by atoms with van der Waals surface area (Å²) in [6.45, 7) is 1.47. The van der Waals surface area contributed by atoms with Gasteiger partial charge in [-0.3, -0.25) is 20.4 Å². The molecule has 0 unspecified atom stereocenters. The van der Waals surface area contributed by atoms with E-state index in [0.29, 0.717) is 5.56 Å². The lowest BCUT2D eigenvalue weighted by Gasteiger charge is -2.09. The molecule has 0 saturated carbocycles. The minimum absolute atomic E-state index is 0.0581. The first kappa shape index (κ1) is 19.5. The molecule has 0 atom stereocenters. The van der Waals surface area contributed by atoms with Gasteiger partial charge in [0.1, 0.15) is 28.7 Å². The second-order valence-electron chi connectivity index (χ2n) is 5.86. The van der Waals surface area contributed by atoms with Crippen molar-refractivity contribution < 1.29 is 22.9 Å². The van der Waals surface area contributed by atoms with Crippen molar-refractivity contribution in [1.82, 2.24) is 16.0 Å². The van der Waals surface area contributed by atoms with Gasteiger partial charge in [0, 0.05) is 0 Å². The Morgan fingerprint density at radius 3 is 2.50 bits per heavy atom. The van der Waals surface area contributed by atoms with E-state index in [-0.39, 0.29) is 34.0 Å². The monoisotopic (exact) mass is 405 g/mol. The molecular weight excluding hydrogens is 392 g/mol. The molecule has 2 aromatic carbocycles. The number of halogens is 3. The normalized spacial score (nSPS) is 10.6. The Kier molecular flexibility index (Phi) is 5.70. The smallest absolute Gasteiger partial charge is 0.275 e. The Hall–Kier alpha value is -3.26. The quantitative estimate of drug-likeness (QED) is 0.650. The average molecular weight is 406 g/mol. The number of nitrogens with one attached hydrogen (secondary N) is 2. The van der Waals surface area contributed by atoms with Crippen molar-refractivity contribution in [2.45, 2.75) is 13.3 Å². The molecule has 6 nitrogen and oxygen atoms in total. The van der Waals surface area contributed by atoms with Crippen LogP contribution in [0.2, 0.25) is 5.02 Å². The second-order valence-corrected chi connectivity index (χ2v) is 6.27. The Morgan fingerprint density at radius 1 is 1.11 bits per heavy atom. The number of carbonyl (C=O) groups excluding carboxylic acids is 2. The maximum Gasteiger partial charge on any atom is 0.275 e. The molecule has 3 aromatic rings. The van der Waals surface area contributed by atoms with Gasteiger partial charge in [0.15, 0.2) is 0 Å². The summed E-state index contributed by atoms with van der Waals surface area (Å²) >= 11 is 6.03. The third kappa shape index (κ3) is 4.17. The van der Waals surface area contributed by atoms with Crippen LogP contribution < -0.4 is 10.9 Å². The molecule has 2 amide bonds. The molecule has 9 heteroatoms. The molecule has 2 N–H and O–H groups in total. The Morgan fingerprint density at radius 2 is 1.82 bits per heavy atom. The molecule has 0 aliphatic carbocycles. The number of hydrogen-bond acceptors (Lipinski definition) is 4. The molecule has 0 aliphatic heterocycles.